The number of carbonyl (C=O) groups is 2. The summed E-state index contributed by atoms with van der Waals surface area (Å²) < 4.78 is 47.6. The van der Waals surface area contributed by atoms with Crippen molar-refractivity contribution in [3.05, 3.63) is 58.6 Å². The summed E-state index contributed by atoms with van der Waals surface area (Å²) in [5.74, 6) is -1.80. The van der Waals surface area contributed by atoms with Crippen LogP contribution in [-0.2, 0) is 26.1 Å². The monoisotopic (exact) mass is 477 g/mol. The van der Waals surface area contributed by atoms with Gasteiger partial charge in [-0.1, -0.05) is 17.4 Å². The minimum atomic E-state index is -3.59. The summed E-state index contributed by atoms with van der Waals surface area (Å²) in [6, 6.07) is 10.0. The van der Waals surface area contributed by atoms with Crippen LogP contribution in [0.4, 0.5) is 4.39 Å². The first-order chi connectivity index (χ1) is 15.3. The summed E-state index contributed by atoms with van der Waals surface area (Å²) in [6.45, 7) is 0.665. The number of ether oxygens (including phenoxy) is 1. The smallest absolute Gasteiger partial charge is 0.325 e. The SMILES string of the molecule is COC(=O)Cn1c(=NC(=O)c2ccc(S(=O)(=O)N3CCCC3)cc2)sc2cccc(F)c21. The van der Waals surface area contributed by atoms with E-state index in [4.69, 9.17) is 0 Å². The van der Waals surface area contributed by atoms with Gasteiger partial charge in [-0.25, -0.2) is 12.8 Å². The maximum atomic E-state index is 14.4. The van der Waals surface area contributed by atoms with Crippen LogP contribution < -0.4 is 4.80 Å². The summed E-state index contributed by atoms with van der Waals surface area (Å²) in [7, 11) is -2.37. The van der Waals surface area contributed by atoms with Crippen molar-refractivity contribution in [2.75, 3.05) is 20.2 Å². The molecule has 1 fully saturated rings. The number of esters is 1. The lowest BCUT2D eigenvalue weighted by Gasteiger charge is -2.15. The fourth-order valence-electron chi connectivity index (χ4n) is 3.51. The van der Waals surface area contributed by atoms with E-state index in [2.05, 4.69) is 9.73 Å². The number of hydrogen-bond donors (Lipinski definition) is 0. The summed E-state index contributed by atoms with van der Waals surface area (Å²) in [5.41, 5.74) is 0.328. The van der Waals surface area contributed by atoms with Crippen LogP contribution in [0.15, 0.2) is 52.4 Å². The van der Waals surface area contributed by atoms with E-state index >= 15 is 0 Å². The maximum absolute atomic E-state index is 14.4. The highest BCUT2D eigenvalue weighted by Crippen LogP contribution is 2.22. The van der Waals surface area contributed by atoms with E-state index in [1.807, 2.05) is 0 Å². The first kappa shape index (κ1) is 22.3. The van der Waals surface area contributed by atoms with E-state index in [9.17, 15) is 22.4 Å². The zero-order chi connectivity index (χ0) is 22.9. The van der Waals surface area contributed by atoms with Gasteiger partial charge in [-0.3, -0.25) is 9.59 Å². The fourth-order valence-corrected chi connectivity index (χ4v) is 6.07. The number of halogens is 1. The molecule has 1 saturated heterocycles. The van der Waals surface area contributed by atoms with Gasteiger partial charge in [0.15, 0.2) is 4.80 Å². The molecule has 4 rings (SSSR count). The predicted octanol–water partition coefficient (Wildman–Crippen LogP) is 2.54. The highest BCUT2D eigenvalue weighted by atomic mass is 32.2. The summed E-state index contributed by atoms with van der Waals surface area (Å²) in [5, 5.41) is 0. The number of rotatable bonds is 5. The Kier molecular flexibility index (Phi) is 6.22. The van der Waals surface area contributed by atoms with Gasteiger partial charge in [0.05, 0.1) is 22.2 Å². The van der Waals surface area contributed by atoms with Crippen LogP contribution >= 0.6 is 11.3 Å². The lowest BCUT2D eigenvalue weighted by atomic mass is 10.2. The predicted molar refractivity (Wildman–Crippen MR) is 116 cm³/mol. The first-order valence-corrected chi connectivity index (χ1v) is 12.1. The van der Waals surface area contributed by atoms with Crippen LogP contribution in [0.5, 0.6) is 0 Å². The van der Waals surface area contributed by atoms with E-state index in [0.717, 1.165) is 24.2 Å². The molecule has 0 radical (unpaired) electrons. The van der Waals surface area contributed by atoms with Gasteiger partial charge in [0.2, 0.25) is 10.0 Å². The third-order valence-corrected chi connectivity index (χ3v) is 8.12. The summed E-state index contributed by atoms with van der Waals surface area (Å²) >= 11 is 1.06. The van der Waals surface area contributed by atoms with E-state index in [1.165, 1.54) is 52.4 Å². The largest absolute Gasteiger partial charge is 0.468 e. The summed E-state index contributed by atoms with van der Waals surface area (Å²) in [6.07, 6.45) is 1.66. The Bertz CT molecular complexity index is 1350. The molecule has 0 N–H and O–H groups in total. The van der Waals surface area contributed by atoms with Gasteiger partial charge in [-0.15, -0.1) is 0 Å². The van der Waals surface area contributed by atoms with Crippen LogP contribution in [0.1, 0.15) is 23.2 Å². The van der Waals surface area contributed by atoms with Crippen LogP contribution in [0.2, 0.25) is 0 Å². The van der Waals surface area contributed by atoms with Crippen molar-refractivity contribution >= 4 is 43.5 Å². The second-order valence-electron chi connectivity index (χ2n) is 7.19. The normalized spacial score (nSPS) is 15.4. The Morgan fingerprint density at radius 2 is 1.81 bits per heavy atom. The highest BCUT2D eigenvalue weighted by molar-refractivity contribution is 7.89. The molecule has 2 heterocycles. The van der Waals surface area contributed by atoms with Crippen molar-refractivity contribution in [2.45, 2.75) is 24.3 Å². The average Bonchev–Trinajstić information content (AvgIpc) is 3.44. The van der Waals surface area contributed by atoms with E-state index in [-0.39, 0.29) is 27.3 Å². The van der Waals surface area contributed by atoms with E-state index in [0.29, 0.717) is 17.8 Å². The van der Waals surface area contributed by atoms with Crippen LogP contribution in [0.3, 0.4) is 0 Å². The van der Waals surface area contributed by atoms with Crippen LogP contribution in [0.25, 0.3) is 10.2 Å². The molecule has 3 aromatic rings. The molecule has 32 heavy (non-hydrogen) atoms. The van der Waals surface area contributed by atoms with Crippen molar-refractivity contribution < 1.29 is 27.1 Å². The zero-order valence-electron chi connectivity index (χ0n) is 17.2. The van der Waals surface area contributed by atoms with Gasteiger partial charge in [0.25, 0.3) is 5.91 Å². The number of nitrogens with zero attached hydrogens (tertiary/aromatic N) is 3. The molecule has 0 bridgehead atoms. The number of carbonyl (C=O) groups excluding carboxylic acids is 2. The maximum Gasteiger partial charge on any atom is 0.325 e. The Morgan fingerprint density at radius 1 is 1.12 bits per heavy atom. The molecular formula is C21H20FN3O5S2. The topological polar surface area (TPSA) is 98.0 Å². The third kappa shape index (κ3) is 4.23. The second kappa shape index (κ2) is 8.93. The van der Waals surface area contributed by atoms with E-state index in [1.54, 1.807) is 6.07 Å². The number of aromatic nitrogens is 1. The number of fused-ring (bicyclic) bond motifs is 1. The molecule has 2 aromatic carbocycles. The number of thiazole rings is 1. The molecule has 0 unspecified atom stereocenters. The first-order valence-electron chi connectivity index (χ1n) is 9.85. The quantitative estimate of drug-likeness (QED) is 0.526. The Labute approximate surface area is 187 Å². The van der Waals surface area contributed by atoms with E-state index < -0.39 is 27.7 Å². The molecule has 0 aliphatic carbocycles. The number of para-hydroxylation sites is 1. The molecule has 1 amide bonds. The number of amides is 1. The number of methoxy groups -OCH3 is 1. The zero-order valence-corrected chi connectivity index (χ0v) is 18.8. The van der Waals surface area contributed by atoms with Gasteiger partial charge in [-0.05, 0) is 49.2 Å². The molecular weight excluding hydrogens is 457 g/mol. The van der Waals surface area contributed by atoms with Crippen LogP contribution in [0, 0.1) is 5.82 Å². The molecule has 1 aromatic heterocycles. The summed E-state index contributed by atoms with van der Waals surface area (Å²) in [4.78, 5) is 28.9. The van der Waals surface area contributed by atoms with Crippen molar-refractivity contribution in [3.8, 4) is 0 Å². The molecule has 0 atom stereocenters. The van der Waals surface area contributed by atoms with Crippen molar-refractivity contribution in [3.63, 3.8) is 0 Å². The molecule has 0 spiro atoms. The van der Waals surface area contributed by atoms with Gasteiger partial charge >= 0.3 is 5.97 Å². The van der Waals surface area contributed by atoms with Crippen LogP contribution in [-0.4, -0.2) is 49.4 Å². The van der Waals surface area contributed by atoms with Gasteiger partial charge in [0.1, 0.15) is 12.4 Å². The van der Waals surface area contributed by atoms with Gasteiger partial charge < -0.3 is 9.30 Å². The average molecular weight is 478 g/mol. The second-order valence-corrected chi connectivity index (χ2v) is 10.1. The Balaban J connectivity index is 1.70. The minimum Gasteiger partial charge on any atom is -0.468 e. The third-order valence-electron chi connectivity index (χ3n) is 5.17. The molecule has 1 aliphatic rings. The fraction of sp³-hybridized carbons (Fsp3) is 0.286. The van der Waals surface area contributed by atoms with Crippen molar-refractivity contribution in [1.82, 2.24) is 8.87 Å². The molecule has 8 nitrogen and oxygen atoms in total. The Hall–Kier alpha value is -2.89. The highest BCUT2D eigenvalue weighted by Gasteiger charge is 2.27. The van der Waals surface area contributed by atoms with Crippen molar-refractivity contribution in [1.29, 1.82) is 0 Å². The molecule has 11 heteroatoms. The molecule has 168 valence electrons. The lowest BCUT2D eigenvalue weighted by molar-refractivity contribution is -0.141. The minimum absolute atomic E-state index is 0.112. The van der Waals surface area contributed by atoms with Gasteiger partial charge in [0, 0.05) is 18.7 Å². The van der Waals surface area contributed by atoms with Crippen molar-refractivity contribution in [2.24, 2.45) is 4.99 Å². The lowest BCUT2D eigenvalue weighted by Crippen LogP contribution is -2.27. The number of hydrogen-bond acceptors (Lipinski definition) is 6. The number of benzene rings is 2. The Morgan fingerprint density at radius 3 is 2.47 bits per heavy atom. The van der Waals surface area contributed by atoms with Gasteiger partial charge in [-0.2, -0.15) is 9.30 Å². The standard InChI is InChI=1S/C21H20FN3O5S2/c1-30-18(26)13-25-19-16(22)5-4-6-17(19)31-21(25)23-20(27)14-7-9-15(10-8-14)32(28,29)24-11-2-3-12-24/h4-10H,2-3,11-13H2,1H3. The molecule has 1 aliphatic heterocycles. The number of sulfonamides is 1. The molecule has 0 saturated carbocycles.